The molecule has 1 aromatic carbocycles. The van der Waals surface area contributed by atoms with Crippen molar-refractivity contribution in [1.29, 1.82) is 0 Å². The smallest absolute Gasteiger partial charge is 0.322 e. The number of aryl methyl sites for hydroxylation is 2. The van der Waals surface area contributed by atoms with E-state index in [1.54, 1.807) is 12.4 Å². The Balaban J connectivity index is 0.00000140. The lowest BCUT2D eigenvalue weighted by Crippen LogP contribution is -2.57. The number of nitrogens with zero attached hydrogens (tertiary/aromatic N) is 2. The van der Waals surface area contributed by atoms with Gasteiger partial charge in [-0.3, -0.25) is 4.98 Å². The summed E-state index contributed by atoms with van der Waals surface area (Å²) < 4.78 is 5.81. The molecule has 1 saturated heterocycles. The van der Waals surface area contributed by atoms with Gasteiger partial charge < -0.3 is 20.3 Å². The van der Waals surface area contributed by atoms with Crippen LogP contribution in [0.3, 0.4) is 0 Å². The topological polar surface area (TPSA) is 66.5 Å². The van der Waals surface area contributed by atoms with Gasteiger partial charge in [0.05, 0.1) is 12.2 Å². The predicted molar refractivity (Wildman–Crippen MR) is 115 cm³/mol. The van der Waals surface area contributed by atoms with E-state index in [0.717, 1.165) is 37.4 Å². The highest BCUT2D eigenvalue weighted by atomic mass is 35.5. The first kappa shape index (κ1) is 22.3. The number of benzene rings is 1. The zero-order valence-corrected chi connectivity index (χ0v) is 17.2. The number of amides is 2. The summed E-state index contributed by atoms with van der Waals surface area (Å²) in [5, 5.41) is 6.40. The summed E-state index contributed by atoms with van der Waals surface area (Å²) in [6.45, 7) is 2.62. The molecule has 2 aliphatic rings. The number of hydrogen-bond donors (Lipinski definition) is 2. The van der Waals surface area contributed by atoms with Crippen molar-refractivity contribution in [3.05, 3.63) is 53.9 Å². The molecule has 2 aromatic rings. The monoisotopic (exact) mass is 424 g/mol. The zero-order valence-electron chi connectivity index (χ0n) is 15.6. The van der Waals surface area contributed by atoms with Crippen molar-refractivity contribution in [3.8, 4) is 5.75 Å². The molecule has 1 aromatic heterocycles. The summed E-state index contributed by atoms with van der Waals surface area (Å²) in [5.74, 6) is 0.719. The van der Waals surface area contributed by atoms with Crippen LogP contribution in [0.25, 0.3) is 0 Å². The van der Waals surface area contributed by atoms with Gasteiger partial charge >= 0.3 is 6.03 Å². The molecule has 6 nitrogen and oxygen atoms in total. The van der Waals surface area contributed by atoms with Gasteiger partial charge in [-0.25, -0.2) is 4.79 Å². The van der Waals surface area contributed by atoms with E-state index in [1.165, 1.54) is 17.5 Å². The Morgan fingerprint density at radius 3 is 2.93 bits per heavy atom. The van der Waals surface area contributed by atoms with Gasteiger partial charge in [0.25, 0.3) is 0 Å². The maximum absolute atomic E-state index is 12.8. The minimum absolute atomic E-state index is 0. The molecule has 2 heterocycles. The first-order chi connectivity index (χ1) is 12.8. The fourth-order valence-corrected chi connectivity index (χ4v) is 3.65. The van der Waals surface area contributed by atoms with Crippen molar-refractivity contribution in [2.75, 3.05) is 31.6 Å². The third kappa shape index (κ3) is 5.28. The molecule has 1 aliphatic carbocycles. The predicted octanol–water partition coefficient (Wildman–Crippen LogP) is 3.30. The molecule has 0 bridgehead atoms. The maximum Gasteiger partial charge on any atom is 0.322 e. The SMILES string of the molecule is Cl.Cl.O=C(Nc1ccc2c(c1)CCC2)N1CCNCC1COc1cccnc1. The van der Waals surface area contributed by atoms with E-state index in [-0.39, 0.29) is 36.9 Å². The highest BCUT2D eigenvalue weighted by molar-refractivity contribution is 5.89. The van der Waals surface area contributed by atoms with Gasteiger partial charge in [0, 0.05) is 31.5 Å². The summed E-state index contributed by atoms with van der Waals surface area (Å²) in [7, 11) is 0. The van der Waals surface area contributed by atoms with Gasteiger partial charge in [-0.15, -0.1) is 24.8 Å². The second-order valence-corrected chi connectivity index (χ2v) is 6.82. The third-order valence-electron chi connectivity index (χ3n) is 5.04. The molecule has 28 heavy (non-hydrogen) atoms. The summed E-state index contributed by atoms with van der Waals surface area (Å²) in [5.41, 5.74) is 3.65. The Bertz CT molecular complexity index is 776. The van der Waals surface area contributed by atoms with Gasteiger partial charge in [0.15, 0.2) is 0 Å². The van der Waals surface area contributed by atoms with Gasteiger partial charge in [0.1, 0.15) is 12.4 Å². The normalized spacial score (nSPS) is 17.7. The zero-order chi connectivity index (χ0) is 17.8. The van der Waals surface area contributed by atoms with E-state index < -0.39 is 0 Å². The molecular weight excluding hydrogens is 399 g/mol. The van der Waals surface area contributed by atoms with Gasteiger partial charge in [-0.1, -0.05) is 6.07 Å². The molecule has 1 fully saturated rings. The highest BCUT2D eigenvalue weighted by Gasteiger charge is 2.27. The van der Waals surface area contributed by atoms with Crippen molar-refractivity contribution in [2.24, 2.45) is 0 Å². The van der Waals surface area contributed by atoms with Crippen LogP contribution < -0.4 is 15.4 Å². The van der Waals surface area contributed by atoms with Crippen LogP contribution in [0.1, 0.15) is 17.5 Å². The molecule has 1 aliphatic heterocycles. The Morgan fingerprint density at radius 2 is 2.11 bits per heavy atom. The second-order valence-electron chi connectivity index (χ2n) is 6.82. The molecule has 4 rings (SSSR count). The van der Waals surface area contributed by atoms with Crippen molar-refractivity contribution in [3.63, 3.8) is 0 Å². The molecule has 0 saturated carbocycles. The van der Waals surface area contributed by atoms with Crippen LogP contribution in [0.2, 0.25) is 0 Å². The Morgan fingerprint density at radius 1 is 1.25 bits per heavy atom. The third-order valence-corrected chi connectivity index (χ3v) is 5.04. The van der Waals surface area contributed by atoms with Crippen molar-refractivity contribution in [2.45, 2.75) is 25.3 Å². The van der Waals surface area contributed by atoms with E-state index in [0.29, 0.717) is 13.2 Å². The first-order valence-corrected chi connectivity index (χ1v) is 9.22. The first-order valence-electron chi connectivity index (χ1n) is 9.22. The van der Waals surface area contributed by atoms with Gasteiger partial charge in [-0.2, -0.15) is 0 Å². The van der Waals surface area contributed by atoms with Crippen LogP contribution in [0.15, 0.2) is 42.7 Å². The lowest BCUT2D eigenvalue weighted by molar-refractivity contribution is 0.133. The minimum Gasteiger partial charge on any atom is -0.490 e. The van der Waals surface area contributed by atoms with Crippen molar-refractivity contribution >= 4 is 36.5 Å². The standard InChI is InChI=1S/C20H24N4O2.2ClH/c25-20(23-17-7-6-15-3-1-4-16(15)11-17)24-10-9-22-12-18(24)14-26-19-5-2-8-21-13-19;;/h2,5-8,11,13,18,22H,1,3-4,9-10,12,14H2,(H,23,25);2*1H. The average molecular weight is 425 g/mol. The quantitative estimate of drug-likeness (QED) is 0.789. The lowest BCUT2D eigenvalue weighted by atomic mass is 10.1. The number of anilines is 1. The lowest BCUT2D eigenvalue weighted by Gasteiger charge is -2.36. The van der Waals surface area contributed by atoms with Crippen LogP contribution in [0.4, 0.5) is 10.5 Å². The van der Waals surface area contributed by atoms with Crippen LogP contribution in [-0.2, 0) is 12.8 Å². The van der Waals surface area contributed by atoms with Crippen LogP contribution in [0, 0.1) is 0 Å². The summed E-state index contributed by atoms with van der Waals surface area (Å²) >= 11 is 0. The molecule has 8 heteroatoms. The number of urea groups is 1. The molecule has 1 unspecified atom stereocenters. The summed E-state index contributed by atoms with van der Waals surface area (Å²) in [6.07, 6.45) is 6.86. The summed E-state index contributed by atoms with van der Waals surface area (Å²) in [4.78, 5) is 18.7. The molecule has 2 N–H and O–H groups in total. The Kier molecular flexibility index (Phi) is 8.35. The highest BCUT2D eigenvalue weighted by Crippen LogP contribution is 2.25. The number of carbonyl (C=O) groups excluding carboxylic acids is 1. The maximum atomic E-state index is 12.8. The molecule has 152 valence electrons. The number of fused-ring (bicyclic) bond motifs is 1. The Labute approximate surface area is 177 Å². The number of halogens is 2. The average Bonchev–Trinajstić information content (AvgIpc) is 3.15. The van der Waals surface area contributed by atoms with E-state index in [4.69, 9.17) is 4.74 Å². The molecule has 0 radical (unpaired) electrons. The number of carbonyl (C=O) groups is 1. The van der Waals surface area contributed by atoms with Crippen molar-refractivity contribution in [1.82, 2.24) is 15.2 Å². The van der Waals surface area contributed by atoms with E-state index >= 15 is 0 Å². The van der Waals surface area contributed by atoms with Crippen LogP contribution in [0.5, 0.6) is 5.75 Å². The number of piperazine rings is 1. The van der Waals surface area contributed by atoms with E-state index in [2.05, 4.69) is 27.8 Å². The number of aromatic nitrogens is 1. The molecule has 1 atom stereocenters. The van der Waals surface area contributed by atoms with Crippen LogP contribution in [-0.4, -0.2) is 48.2 Å². The number of rotatable bonds is 4. The van der Waals surface area contributed by atoms with E-state index in [1.807, 2.05) is 23.1 Å². The number of ether oxygens (including phenoxy) is 1. The van der Waals surface area contributed by atoms with Gasteiger partial charge in [-0.05, 0) is 54.7 Å². The van der Waals surface area contributed by atoms with Crippen LogP contribution >= 0.6 is 24.8 Å². The van der Waals surface area contributed by atoms with Crippen molar-refractivity contribution < 1.29 is 9.53 Å². The van der Waals surface area contributed by atoms with E-state index in [9.17, 15) is 4.79 Å². The molecular formula is C20H26Cl2N4O2. The molecule has 2 amide bonds. The Hall–Kier alpha value is -2.02. The minimum atomic E-state index is -0.0655. The fourth-order valence-electron chi connectivity index (χ4n) is 3.65. The number of nitrogens with one attached hydrogen (secondary N) is 2. The largest absolute Gasteiger partial charge is 0.490 e. The second kappa shape index (κ2) is 10.5. The summed E-state index contributed by atoms with van der Waals surface area (Å²) in [6, 6.07) is 9.89. The fraction of sp³-hybridized carbons (Fsp3) is 0.400. The van der Waals surface area contributed by atoms with Gasteiger partial charge in [0.2, 0.25) is 0 Å². The number of hydrogen-bond acceptors (Lipinski definition) is 4. The number of pyridine rings is 1. The molecule has 0 spiro atoms.